The van der Waals surface area contributed by atoms with Crippen molar-refractivity contribution in [2.45, 2.75) is 26.7 Å². The van der Waals surface area contributed by atoms with E-state index in [0.29, 0.717) is 24.5 Å². The fourth-order valence-electron chi connectivity index (χ4n) is 1.80. The van der Waals surface area contributed by atoms with E-state index in [0.717, 1.165) is 12.3 Å². The number of hydrogen-bond acceptors (Lipinski definition) is 6. The summed E-state index contributed by atoms with van der Waals surface area (Å²) in [6.07, 6.45) is 2.17. The molecule has 21 heavy (non-hydrogen) atoms. The van der Waals surface area contributed by atoms with Gasteiger partial charge in [0, 0.05) is 25.1 Å². The Bertz CT molecular complexity index is 710. The van der Waals surface area contributed by atoms with Crippen molar-refractivity contribution >= 4 is 11.7 Å². The van der Waals surface area contributed by atoms with E-state index in [1.165, 1.54) is 4.68 Å². The molecule has 0 unspecified atom stereocenters. The molecule has 0 amide bonds. The number of nitrogens with zero attached hydrogens (tertiary/aromatic N) is 5. The van der Waals surface area contributed by atoms with Crippen LogP contribution in [0.4, 0.5) is 5.69 Å². The van der Waals surface area contributed by atoms with E-state index in [2.05, 4.69) is 15.1 Å². The number of carboxylic acid groups (broad SMARTS) is 1. The number of carboxylic acids is 1. The van der Waals surface area contributed by atoms with Crippen LogP contribution in [-0.4, -0.2) is 35.7 Å². The van der Waals surface area contributed by atoms with E-state index in [1.54, 1.807) is 0 Å². The van der Waals surface area contributed by atoms with Gasteiger partial charge in [-0.05, 0) is 0 Å². The van der Waals surface area contributed by atoms with Crippen LogP contribution < -0.4 is 0 Å². The van der Waals surface area contributed by atoms with E-state index in [1.807, 2.05) is 13.8 Å². The van der Waals surface area contributed by atoms with Crippen LogP contribution in [0.5, 0.6) is 0 Å². The number of rotatable bonds is 5. The molecular weight excluding hydrogens is 278 g/mol. The third kappa shape index (κ3) is 2.71. The Labute approximate surface area is 119 Å². The molecule has 9 heteroatoms. The monoisotopic (exact) mass is 291 g/mol. The Hall–Kier alpha value is -2.84. The van der Waals surface area contributed by atoms with Gasteiger partial charge < -0.3 is 5.11 Å². The van der Waals surface area contributed by atoms with Crippen molar-refractivity contribution in [1.82, 2.24) is 19.7 Å². The second kappa shape index (κ2) is 5.65. The number of pyridine rings is 1. The Morgan fingerprint density at radius 2 is 2.14 bits per heavy atom. The van der Waals surface area contributed by atoms with Gasteiger partial charge in [0.1, 0.15) is 5.82 Å². The molecule has 0 saturated heterocycles. The zero-order valence-electron chi connectivity index (χ0n) is 11.5. The number of hydrogen-bond donors (Lipinski definition) is 1. The molecular formula is C12H13N5O4. The first-order valence-corrected chi connectivity index (χ1v) is 6.30. The van der Waals surface area contributed by atoms with Gasteiger partial charge >= 0.3 is 11.7 Å². The predicted octanol–water partition coefficient (Wildman–Crippen LogP) is 1.39. The molecule has 1 N–H and O–H groups in total. The van der Waals surface area contributed by atoms with Crippen LogP contribution in [0.25, 0.3) is 5.82 Å². The molecule has 0 aromatic carbocycles. The van der Waals surface area contributed by atoms with Gasteiger partial charge in [0.05, 0.1) is 10.5 Å². The molecule has 0 bridgehead atoms. The fraction of sp³-hybridized carbons (Fsp3) is 0.333. The fourth-order valence-corrected chi connectivity index (χ4v) is 1.80. The highest BCUT2D eigenvalue weighted by molar-refractivity contribution is 5.88. The number of aromatic nitrogens is 4. The Morgan fingerprint density at radius 1 is 1.43 bits per heavy atom. The Kier molecular flexibility index (Phi) is 3.92. The first-order valence-electron chi connectivity index (χ1n) is 6.30. The van der Waals surface area contributed by atoms with Gasteiger partial charge in [-0.3, -0.25) is 10.1 Å². The van der Waals surface area contributed by atoms with Gasteiger partial charge in [0.15, 0.2) is 5.82 Å². The first kappa shape index (κ1) is 14.6. The van der Waals surface area contributed by atoms with Crippen LogP contribution in [0.3, 0.4) is 0 Å². The van der Waals surface area contributed by atoms with Crippen LogP contribution in [0.15, 0.2) is 12.3 Å². The summed E-state index contributed by atoms with van der Waals surface area (Å²) in [6.45, 7) is 3.71. The van der Waals surface area contributed by atoms with Crippen molar-refractivity contribution in [3.63, 3.8) is 0 Å². The minimum Gasteiger partial charge on any atom is -0.478 e. The van der Waals surface area contributed by atoms with E-state index in [-0.39, 0.29) is 11.4 Å². The highest BCUT2D eigenvalue weighted by Crippen LogP contribution is 2.22. The second-order valence-corrected chi connectivity index (χ2v) is 4.19. The Balaban J connectivity index is 2.65. The van der Waals surface area contributed by atoms with Gasteiger partial charge in [0.2, 0.25) is 5.82 Å². The molecule has 0 saturated carbocycles. The SMILES string of the molecule is CCc1nc(CC)n(-c2ncc(C(=O)O)cc2[N+](=O)[O-])n1. The summed E-state index contributed by atoms with van der Waals surface area (Å²) >= 11 is 0. The third-order valence-electron chi connectivity index (χ3n) is 2.84. The maximum absolute atomic E-state index is 11.2. The molecule has 2 heterocycles. The summed E-state index contributed by atoms with van der Waals surface area (Å²) in [4.78, 5) is 29.5. The average molecular weight is 291 g/mol. The van der Waals surface area contributed by atoms with Crippen LogP contribution in [0.1, 0.15) is 35.9 Å². The molecule has 9 nitrogen and oxygen atoms in total. The van der Waals surface area contributed by atoms with Crippen LogP contribution in [-0.2, 0) is 12.8 Å². The summed E-state index contributed by atoms with van der Waals surface area (Å²) in [5.74, 6) is -0.231. The standard InChI is InChI=1S/C12H13N5O4/c1-3-9-14-10(4-2)16(15-9)11-8(17(20)21)5-7(6-13-11)12(18)19/h5-6H,3-4H2,1-2H3,(H,18,19). The molecule has 2 aromatic rings. The second-order valence-electron chi connectivity index (χ2n) is 4.19. The van der Waals surface area contributed by atoms with Gasteiger partial charge in [0.25, 0.3) is 0 Å². The number of carbonyl (C=O) groups is 1. The lowest BCUT2D eigenvalue weighted by Gasteiger charge is -2.05. The van der Waals surface area contributed by atoms with Crippen LogP contribution in [0.2, 0.25) is 0 Å². The zero-order chi connectivity index (χ0) is 15.6. The van der Waals surface area contributed by atoms with Gasteiger partial charge in [-0.25, -0.2) is 14.8 Å². The summed E-state index contributed by atoms with van der Waals surface area (Å²) in [6, 6.07) is 0.970. The largest absolute Gasteiger partial charge is 0.478 e. The van der Waals surface area contributed by atoms with Crippen LogP contribution >= 0.6 is 0 Å². The van der Waals surface area contributed by atoms with Crippen molar-refractivity contribution in [1.29, 1.82) is 0 Å². The van der Waals surface area contributed by atoms with Crippen molar-refractivity contribution < 1.29 is 14.8 Å². The summed E-state index contributed by atoms with van der Waals surface area (Å²) in [5, 5.41) is 24.2. The zero-order valence-corrected chi connectivity index (χ0v) is 11.5. The number of aromatic carboxylic acids is 1. The summed E-state index contributed by atoms with van der Waals surface area (Å²) in [5.41, 5.74) is -0.670. The van der Waals surface area contributed by atoms with Crippen molar-refractivity contribution in [2.24, 2.45) is 0 Å². The van der Waals surface area contributed by atoms with Gasteiger partial charge in [-0.15, -0.1) is 5.10 Å². The maximum Gasteiger partial charge on any atom is 0.337 e. The average Bonchev–Trinajstić information content (AvgIpc) is 2.89. The summed E-state index contributed by atoms with van der Waals surface area (Å²) < 4.78 is 1.29. The predicted molar refractivity (Wildman–Crippen MR) is 71.5 cm³/mol. The molecule has 0 radical (unpaired) electrons. The molecule has 0 atom stereocenters. The molecule has 110 valence electrons. The minimum absolute atomic E-state index is 0.0333. The lowest BCUT2D eigenvalue weighted by atomic mass is 10.2. The smallest absolute Gasteiger partial charge is 0.337 e. The highest BCUT2D eigenvalue weighted by Gasteiger charge is 2.23. The molecule has 0 fully saturated rings. The summed E-state index contributed by atoms with van der Waals surface area (Å²) in [7, 11) is 0. The van der Waals surface area contributed by atoms with Crippen molar-refractivity contribution in [2.75, 3.05) is 0 Å². The van der Waals surface area contributed by atoms with Crippen molar-refractivity contribution in [3.8, 4) is 5.82 Å². The molecule has 2 rings (SSSR count). The molecule has 0 aliphatic rings. The molecule has 0 aliphatic carbocycles. The normalized spacial score (nSPS) is 10.6. The van der Waals surface area contributed by atoms with E-state index >= 15 is 0 Å². The van der Waals surface area contributed by atoms with Gasteiger partial charge in [-0.1, -0.05) is 13.8 Å². The number of aryl methyl sites for hydroxylation is 2. The van der Waals surface area contributed by atoms with Gasteiger partial charge in [-0.2, -0.15) is 4.68 Å². The lowest BCUT2D eigenvalue weighted by molar-refractivity contribution is -0.385. The number of nitro groups is 1. The van der Waals surface area contributed by atoms with E-state index in [9.17, 15) is 14.9 Å². The Morgan fingerprint density at radius 3 is 2.67 bits per heavy atom. The van der Waals surface area contributed by atoms with E-state index < -0.39 is 16.6 Å². The highest BCUT2D eigenvalue weighted by atomic mass is 16.6. The van der Waals surface area contributed by atoms with Crippen molar-refractivity contribution in [3.05, 3.63) is 39.6 Å². The topological polar surface area (TPSA) is 124 Å². The lowest BCUT2D eigenvalue weighted by Crippen LogP contribution is -2.10. The van der Waals surface area contributed by atoms with Crippen LogP contribution in [0, 0.1) is 10.1 Å². The minimum atomic E-state index is -1.28. The molecule has 2 aromatic heterocycles. The third-order valence-corrected chi connectivity index (χ3v) is 2.84. The first-order chi connectivity index (χ1) is 9.97. The molecule has 0 spiro atoms. The quantitative estimate of drug-likeness (QED) is 0.651. The van der Waals surface area contributed by atoms with E-state index in [4.69, 9.17) is 5.11 Å². The maximum atomic E-state index is 11.2. The molecule has 0 aliphatic heterocycles.